The van der Waals surface area contributed by atoms with Gasteiger partial charge in [-0.1, -0.05) is 203 Å². The van der Waals surface area contributed by atoms with Crippen molar-refractivity contribution >= 4 is 52.2 Å². The van der Waals surface area contributed by atoms with E-state index in [1.807, 2.05) is 12.1 Å². The predicted octanol–water partition coefficient (Wildman–Crippen LogP) is 18.4. The lowest BCUT2D eigenvalue weighted by atomic mass is 9.78. The van der Waals surface area contributed by atoms with Crippen molar-refractivity contribution in [3.8, 4) is 44.5 Å². The van der Waals surface area contributed by atoms with Crippen LogP contribution in [0.25, 0.3) is 90.9 Å². The highest BCUT2D eigenvalue weighted by Crippen LogP contribution is 2.44. The molecule has 4 aromatic carbocycles. The van der Waals surface area contributed by atoms with Crippen LogP contribution in [0.4, 0.5) is 0 Å². The molecular formula is C69H80N6. The summed E-state index contributed by atoms with van der Waals surface area (Å²) in [5, 5.41) is 8.24. The number of hydrogen-bond acceptors (Lipinski definition) is 3. The Hall–Kier alpha value is -7.05. The number of hydrogen-bond donors (Lipinski definition) is 4. The largest absolute Gasteiger partial charge is 0.384 e. The molecule has 2 aliphatic heterocycles. The van der Waals surface area contributed by atoms with Gasteiger partial charge in [0.2, 0.25) is 0 Å². The van der Waals surface area contributed by atoms with Crippen LogP contribution < -0.4 is 5.73 Å². The van der Waals surface area contributed by atoms with Crippen LogP contribution in [-0.4, -0.2) is 25.8 Å². The van der Waals surface area contributed by atoms with Crippen molar-refractivity contribution in [2.45, 2.75) is 157 Å². The van der Waals surface area contributed by atoms with Crippen LogP contribution in [0.2, 0.25) is 0 Å². The molecule has 3 aromatic heterocycles. The van der Waals surface area contributed by atoms with Crippen LogP contribution in [0.3, 0.4) is 0 Å². The number of rotatable bonds is 5. The number of H-pyrrole nitrogens is 2. The zero-order valence-corrected chi connectivity index (χ0v) is 48.1. The van der Waals surface area contributed by atoms with Gasteiger partial charge in [-0.25, -0.2) is 9.97 Å². The second-order valence-corrected chi connectivity index (χ2v) is 27.4. The molecule has 75 heavy (non-hydrogen) atoms. The SMILES string of the molecule is CC(C)(C)c1cc(-c2c3nc(c(-c4cc(C(C)(C)C)cc(C(C)(C)C)c4)c4ccc([nH]4)c(-c4cc(C(C)(C)C)cc(C(C)(C)C)c4)c4nc(c(-c5ccc(C(=N)N)cc5)c5ccc2[nH]5)C=C4)C=C3)cc(C(C)(C)C)c1. The maximum absolute atomic E-state index is 8.24. The Labute approximate surface area is 447 Å². The van der Waals surface area contributed by atoms with E-state index in [9.17, 15) is 0 Å². The van der Waals surface area contributed by atoms with Crippen LogP contribution >= 0.6 is 0 Å². The molecule has 0 unspecified atom stereocenters. The zero-order chi connectivity index (χ0) is 54.5. The van der Waals surface area contributed by atoms with Crippen LogP contribution in [0, 0.1) is 5.41 Å². The molecule has 0 amide bonds. The van der Waals surface area contributed by atoms with Gasteiger partial charge in [-0.05, 0) is 137 Å². The van der Waals surface area contributed by atoms with Crippen molar-refractivity contribution in [2.75, 3.05) is 0 Å². The van der Waals surface area contributed by atoms with Crippen molar-refractivity contribution in [2.24, 2.45) is 5.73 Å². The Morgan fingerprint density at radius 3 is 0.773 bits per heavy atom. The maximum Gasteiger partial charge on any atom is 0.122 e. The second kappa shape index (κ2) is 18.4. The van der Waals surface area contributed by atoms with E-state index in [1.54, 1.807) is 0 Å². The minimum atomic E-state index is -0.109. The third kappa shape index (κ3) is 10.6. The smallest absolute Gasteiger partial charge is 0.122 e. The Morgan fingerprint density at radius 1 is 0.333 bits per heavy atom. The highest BCUT2D eigenvalue weighted by Gasteiger charge is 2.28. The molecule has 8 bridgehead atoms. The van der Waals surface area contributed by atoms with E-state index < -0.39 is 0 Å². The van der Waals surface area contributed by atoms with Crippen LogP contribution in [0.1, 0.15) is 186 Å². The number of aromatic amines is 2. The van der Waals surface area contributed by atoms with Gasteiger partial charge in [-0.3, -0.25) is 5.41 Å². The highest BCUT2D eigenvalue weighted by molar-refractivity contribution is 6.01. The van der Waals surface area contributed by atoms with Gasteiger partial charge in [0, 0.05) is 49.9 Å². The molecule has 2 aliphatic rings. The number of amidine groups is 1. The lowest BCUT2D eigenvalue weighted by Gasteiger charge is -2.26. The fourth-order valence-electron chi connectivity index (χ4n) is 10.2. The lowest BCUT2D eigenvalue weighted by Crippen LogP contribution is -2.16. The Bertz CT molecular complexity index is 3480. The molecule has 386 valence electrons. The number of nitrogen functional groups attached to an aromatic ring is 1. The molecule has 7 aromatic rings. The van der Waals surface area contributed by atoms with Crippen LogP contribution in [0.5, 0.6) is 0 Å². The average molecular weight is 993 g/mol. The Kier molecular flexibility index (Phi) is 12.9. The van der Waals surface area contributed by atoms with E-state index in [4.69, 9.17) is 21.1 Å². The maximum atomic E-state index is 8.24. The fourth-order valence-corrected chi connectivity index (χ4v) is 10.2. The standard InChI is InChI=1S/C69H80N6/c1-64(2,3)45-31-42(32-46(37-45)65(4,5)6)60-53-25-23-51(72-53)59(40-19-21-41(22-20-40)63(70)71)52-24-26-54(73-52)61(43-33-47(66(7,8)9)38-48(34-43)67(10,11)12)56-28-30-58(75-56)62(57-29-27-55(60)74-57)44-35-49(68(13,14)15)39-50(36-44)69(16,17)18/h19-39,72,75H,1-18H3,(H3,70,71). The Balaban J connectivity index is 1.53. The summed E-state index contributed by atoms with van der Waals surface area (Å²) in [6, 6.07) is 38.3. The average Bonchev–Trinajstić information content (AvgIpc) is 4.16. The first-order valence-corrected chi connectivity index (χ1v) is 26.8. The molecule has 0 aliphatic carbocycles. The summed E-state index contributed by atoms with van der Waals surface area (Å²) in [7, 11) is 0. The van der Waals surface area contributed by atoms with Gasteiger partial charge >= 0.3 is 0 Å². The highest BCUT2D eigenvalue weighted by atomic mass is 14.8. The molecule has 0 atom stereocenters. The minimum Gasteiger partial charge on any atom is -0.384 e. The summed E-state index contributed by atoms with van der Waals surface area (Å²) in [6.07, 6.45) is 8.77. The number of nitrogens with one attached hydrogen (secondary N) is 3. The molecule has 6 heteroatoms. The first-order chi connectivity index (χ1) is 34.7. The predicted molar refractivity (Wildman–Crippen MR) is 324 cm³/mol. The van der Waals surface area contributed by atoms with Gasteiger partial charge in [-0.15, -0.1) is 0 Å². The van der Waals surface area contributed by atoms with Crippen LogP contribution in [-0.2, 0) is 32.5 Å². The third-order valence-corrected chi connectivity index (χ3v) is 15.1. The van der Waals surface area contributed by atoms with E-state index in [-0.39, 0.29) is 38.3 Å². The first-order valence-electron chi connectivity index (χ1n) is 26.8. The van der Waals surface area contributed by atoms with Gasteiger partial charge in [0.1, 0.15) is 5.84 Å². The topological polar surface area (TPSA) is 107 Å². The van der Waals surface area contributed by atoms with E-state index in [2.05, 4.69) is 250 Å². The monoisotopic (exact) mass is 993 g/mol. The summed E-state index contributed by atoms with van der Waals surface area (Å²) in [6.45, 7) is 41.4. The molecule has 0 radical (unpaired) electrons. The summed E-state index contributed by atoms with van der Waals surface area (Å²) in [4.78, 5) is 19.5. The molecule has 0 fully saturated rings. The molecular weight excluding hydrogens is 913 g/mol. The Morgan fingerprint density at radius 2 is 0.560 bits per heavy atom. The third-order valence-electron chi connectivity index (χ3n) is 15.1. The second-order valence-electron chi connectivity index (χ2n) is 27.4. The normalized spacial score (nSPS) is 13.5. The summed E-state index contributed by atoms with van der Waals surface area (Å²) < 4.78 is 0. The molecule has 0 spiro atoms. The van der Waals surface area contributed by atoms with Crippen LogP contribution in [0.15, 0.2) is 103 Å². The van der Waals surface area contributed by atoms with Crippen molar-refractivity contribution in [1.29, 1.82) is 5.41 Å². The first kappa shape index (κ1) is 52.8. The molecule has 5 heterocycles. The quantitative estimate of drug-likeness (QED) is 0.102. The number of nitrogens with two attached hydrogens (primary N) is 1. The summed E-state index contributed by atoms with van der Waals surface area (Å²) in [5.41, 5.74) is 29.3. The van der Waals surface area contributed by atoms with E-state index in [1.165, 1.54) is 33.4 Å². The van der Waals surface area contributed by atoms with E-state index in [0.717, 1.165) is 89.4 Å². The molecule has 0 saturated carbocycles. The van der Waals surface area contributed by atoms with Gasteiger partial charge in [0.25, 0.3) is 0 Å². The lowest BCUT2D eigenvalue weighted by molar-refractivity contribution is 0.568. The van der Waals surface area contributed by atoms with E-state index in [0.29, 0.717) is 5.56 Å². The van der Waals surface area contributed by atoms with Gasteiger partial charge in [0.15, 0.2) is 0 Å². The number of benzene rings is 4. The number of fused-ring (bicyclic) bond motifs is 8. The van der Waals surface area contributed by atoms with Gasteiger partial charge < -0.3 is 15.7 Å². The fraction of sp³-hybridized carbons (Fsp3) is 0.348. The minimum absolute atomic E-state index is 0.0296. The number of aromatic nitrogens is 4. The van der Waals surface area contributed by atoms with Crippen molar-refractivity contribution in [3.63, 3.8) is 0 Å². The molecule has 0 saturated heterocycles. The van der Waals surface area contributed by atoms with Gasteiger partial charge in [0.05, 0.1) is 22.8 Å². The zero-order valence-electron chi connectivity index (χ0n) is 48.1. The molecule has 9 rings (SSSR count). The van der Waals surface area contributed by atoms with Crippen molar-refractivity contribution in [3.05, 3.63) is 165 Å². The summed E-state index contributed by atoms with van der Waals surface area (Å²) >= 11 is 0. The number of nitrogens with zero attached hydrogens (tertiary/aromatic N) is 2. The van der Waals surface area contributed by atoms with Gasteiger partial charge in [-0.2, -0.15) is 0 Å². The molecule has 5 N–H and O–H groups in total. The molecule has 6 nitrogen and oxygen atoms in total. The van der Waals surface area contributed by atoms with E-state index >= 15 is 0 Å². The van der Waals surface area contributed by atoms with Crippen molar-refractivity contribution in [1.82, 2.24) is 19.9 Å². The summed E-state index contributed by atoms with van der Waals surface area (Å²) in [5.74, 6) is 0.0296. The van der Waals surface area contributed by atoms with Crippen molar-refractivity contribution < 1.29 is 0 Å².